The van der Waals surface area contributed by atoms with Gasteiger partial charge in [0, 0.05) is 10.6 Å². The smallest absolute Gasteiger partial charge is 0.0713 e. The van der Waals surface area contributed by atoms with Crippen molar-refractivity contribution in [3.8, 4) is 44.5 Å². The molecule has 0 spiro atoms. The minimum absolute atomic E-state index is 0.419. The highest BCUT2D eigenvalue weighted by atomic mass is 35.5. The van der Waals surface area contributed by atoms with Crippen LogP contribution < -0.4 is 0 Å². The van der Waals surface area contributed by atoms with Crippen molar-refractivity contribution in [2.45, 2.75) is 5.41 Å². The lowest BCUT2D eigenvalue weighted by Crippen LogP contribution is -2.28. The van der Waals surface area contributed by atoms with Gasteiger partial charge in [-0.3, -0.25) is 0 Å². The Hall–Kier alpha value is -6.21. The summed E-state index contributed by atoms with van der Waals surface area (Å²) in [5.41, 5.74) is 14.2. The molecule has 0 saturated carbocycles. The third-order valence-corrected chi connectivity index (χ3v) is 11.3. The molecule has 0 bridgehead atoms. The van der Waals surface area contributed by atoms with Crippen LogP contribution in [0.4, 0.5) is 0 Å². The molecule has 9 aromatic carbocycles. The fourth-order valence-corrected chi connectivity index (χ4v) is 9.11. The van der Waals surface area contributed by atoms with Crippen molar-refractivity contribution < 1.29 is 0 Å². The molecule has 0 amide bonds. The topological polar surface area (TPSA) is 0 Å². The van der Waals surface area contributed by atoms with E-state index in [1.54, 1.807) is 0 Å². The number of hydrogen-bond acceptors (Lipinski definition) is 0. The Kier molecular flexibility index (Phi) is 7.20. The molecular formula is C51H33Cl. The highest BCUT2D eigenvalue weighted by Gasteiger charge is 2.45. The molecule has 244 valence electrons. The maximum atomic E-state index is 7.24. The fraction of sp³-hybridized carbons (Fsp3) is 0.0196. The van der Waals surface area contributed by atoms with Crippen molar-refractivity contribution in [1.82, 2.24) is 0 Å². The summed E-state index contributed by atoms with van der Waals surface area (Å²) in [4.78, 5) is 0. The average Bonchev–Trinajstić information content (AvgIpc) is 3.51. The quantitative estimate of drug-likeness (QED) is 0.170. The second-order valence-electron chi connectivity index (χ2n) is 13.7. The van der Waals surface area contributed by atoms with Gasteiger partial charge >= 0.3 is 0 Å². The van der Waals surface area contributed by atoms with E-state index < -0.39 is 5.41 Å². The summed E-state index contributed by atoms with van der Waals surface area (Å²) in [6.07, 6.45) is 0. The summed E-state index contributed by atoms with van der Waals surface area (Å²) >= 11 is 7.24. The van der Waals surface area contributed by atoms with Gasteiger partial charge in [-0.15, -0.1) is 0 Å². The first kappa shape index (κ1) is 30.6. The first-order valence-corrected chi connectivity index (χ1v) is 18.3. The summed E-state index contributed by atoms with van der Waals surface area (Å²) in [5, 5.41) is 5.50. The van der Waals surface area contributed by atoms with E-state index in [0.29, 0.717) is 0 Å². The van der Waals surface area contributed by atoms with Gasteiger partial charge in [-0.25, -0.2) is 0 Å². The van der Waals surface area contributed by atoms with Gasteiger partial charge < -0.3 is 0 Å². The van der Waals surface area contributed by atoms with Crippen LogP contribution >= 0.6 is 11.6 Å². The molecule has 1 aliphatic rings. The van der Waals surface area contributed by atoms with Crippen molar-refractivity contribution in [3.05, 3.63) is 227 Å². The van der Waals surface area contributed by atoms with Gasteiger partial charge in [-0.05, 0) is 107 Å². The first-order chi connectivity index (χ1) is 25.7. The summed E-state index contributed by atoms with van der Waals surface area (Å²) in [7, 11) is 0. The Morgan fingerprint density at radius 3 is 1.60 bits per heavy atom. The maximum Gasteiger partial charge on any atom is 0.0713 e. The Morgan fingerprint density at radius 1 is 0.327 bits per heavy atom. The number of hydrogen-bond donors (Lipinski definition) is 0. The van der Waals surface area contributed by atoms with Gasteiger partial charge in [-0.1, -0.05) is 188 Å². The highest BCUT2D eigenvalue weighted by Crippen LogP contribution is 2.56. The van der Waals surface area contributed by atoms with Gasteiger partial charge in [0.05, 0.1) is 5.41 Å². The van der Waals surface area contributed by atoms with Crippen LogP contribution in [-0.4, -0.2) is 0 Å². The number of benzene rings is 9. The minimum Gasteiger partial charge on any atom is -0.0836 e. The summed E-state index contributed by atoms with van der Waals surface area (Å²) in [6.45, 7) is 0. The van der Waals surface area contributed by atoms with Crippen molar-refractivity contribution in [2.75, 3.05) is 0 Å². The van der Waals surface area contributed by atoms with Crippen molar-refractivity contribution in [2.24, 2.45) is 0 Å². The van der Waals surface area contributed by atoms with E-state index in [-0.39, 0.29) is 0 Å². The molecule has 0 heterocycles. The zero-order valence-electron chi connectivity index (χ0n) is 28.4. The second-order valence-corrected chi connectivity index (χ2v) is 14.1. The normalized spacial score (nSPS) is 12.9. The molecule has 0 N–H and O–H groups in total. The molecule has 0 aliphatic heterocycles. The maximum absolute atomic E-state index is 7.24. The molecule has 0 radical (unpaired) electrons. The molecule has 0 atom stereocenters. The monoisotopic (exact) mass is 680 g/mol. The SMILES string of the molecule is Clc1cc(-c2cc(-c3ccc4c(c3)-c3ccccc3C4(c3ccccc3)c3ccccc3)cc3ccccc23)c2ccccc2c1-c1ccccc1. The van der Waals surface area contributed by atoms with E-state index in [1.165, 1.54) is 66.2 Å². The predicted molar refractivity (Wildman–Crippen MR) is 220 cm³/mol. The standard InChI is InChI=1S/C51H33Cl/c52-49-33-45(41-24-12-13-26-43(41)50(49)34-16-4-1-5-17-34)44-32-37(30-36-18-10-11-23-40(36)44)35-28-29-48-46(31-35)42-25-14-15-27-47(42)51(48,38-19-6-2-7-20-38)39-21-8-3-9-22-39/h1-33H. The predicted octanol–water partition coefficient (Wildman–Crippen LogP) is 14.0. The Balaban J connectivity index is 1.21. The van der Waals surface area contributed by atoms with Gasteiger partial charge in [-0.2, -0.15) is 0 Å². The van der Waals surface area contributed by atoms with Crippen LogP contribution in [-0.2, 0) is 5.41 Å². The van der Waals surface area contributed by atoms with Crippen molar-refractivity contribution >= 4 is 33.1 Å². The summed E-state index contributed by atoms with van der Waals surface area (Å²) in [5.74, 6) is 0. The molecule has 0 saturated heterocycles. The Bertz CT molecular complexity index is 2740. The van der Waals surface area contributed by atoms with Crippen LogP contribution in [0.5, 0.6) is 0 Å². The van der Waals surface area contributed by atoms with Crippen LogP contribution in [0.25, 0.3) is 66.1 Å². The average molecular weight is 681 g/mol. The second kappa shape index (κ2) is 12.2. The van der Waals surface area contributed by atoms with Gasteiger partial charge in [0.25, 0.3) is 0 Å². The number of halogens is 1. The largest absolute Gasteiger partial charge is 0.0836 e. The van der Waals surface area contributed by atoms with E-state index >= 15 is 0 Å². The molecule has 0 nitrogen and oxygen atoms in total. The lowest BCUT2D eigenvalue weighted by molar-refractivity contribution is 0.768. The molecule has 1 aliphatic carbocycles. The molecule has 0 unspecified atom stereocenters. The molecule has 1 heteroatoms. The van der Waals surface area contributed by atoms with Gasteiger partial charge in [0.2, 0.25) is 0 Å². The van der Waals surface area contributed by atoms with Crippen LogP contribution in [0.1, 0.15) is 22.3 Å². The zero-order chi connectivity index (χ0) is 34.6. The fourth-order valence-electron chi connectivity index (χ4n) is 8.79. The van der Waals surface area contributed by atoms with Crippen molar-refractivity contribution in [3.63, 3.8) is 0 Å². The van der Waals surface area contributed by atoms with E-state index in [2.05, 4.69) is 194 Å². The zero-order valence-corrected chi connectivity index (χ0v) is 29.2. The van der Waals surface area contributed by atoms with Crippen LogP contribution in [0.3, 0.4) is 0 Å². The molecule has 9 aromatic rings. The molecule has 0 fully saturated rings. The molecular weight excluding hydrogens is 648 g/mol. The first-order valence-electron chi connectivity index (χ1n) is 17.9. The number of rotatable bonds is 5. The number of fused-ring (bicyclic) bond motifs is 5. The van der Waals surface area contributed by atoms with E-state index in [0.717, 1.165) is 27.1 Å². The van der Waals surface area contributed by atoms with Crippen LogP contribution in [0.15, 0.2) is 200 Å². The third-order valence-electron chi connectivity index (χ3n) is 11.0. The van der Waals surface area contributed by atoms with E-state index in [1.807, 2.05) is 6.07 Å². The molecule has 0 aromatic heterocycles. The summed E-state index contributed by atoms with van der Waals surface area (Å²) in [6, 6.07) is 72.8. The third kappa shape index (κ3) is 4.62. The minimum atomic E-state index is -0.419. The van der Waals surface area contributed by atoms with Crippen LogP contribution in [0.2, 0.25) is 5.02 Å². The Morgan fingerprint density at radius 2 is 0.865 bits per heavy atom. The molecule has 10 rings (SSSR count). The van der Waals surface area contributed by atoms with Crippen LogP contribution in [0, 0.1) is 0 Å². The summed E-state index contributed by atoms with van der Waals surface area (Å²) < 4.78 is 0. The highest BCUT2D eigenvalue weighted by molar-refractivity contribution is 6.36. The van der Waals surface area contributed by atoms with Gasteiger partial charge in [0.15, 0.2) is 0 Å². The Labute approximate surface area is 309 Å². The lowest BCUT2D eigenvalue weighted by Gasteiger charge is -2.33. The van der Waals surface area contributed by atoms with Crippen molar-refractivity contribution in [1.29, 1.82) is 0 Å². The van der Waals surface area contributed by atoms with Gasteiger partial charge in [0.1, 0.15) is 0 Å². The van der Waals surface area contributed by atoms with E-state index in [9.17, 15) is 0 Å². The molecule has 52 heavy (non-hydrogen) atoms. The van der Waals surface area contributed by atoms with E-state index in [4.69, 9.17) is 11.6 Å². The lowest BCUT2D eigenvalue weighted by atomic mass is 9.67.